The molecule has 21 heavy (non-hydrogen) atoms. The molecule has 1 rings (SSSR count). The van der Waals surface area contributed by atoms with Gasteiger partial charge in [-0.25, -0.2) is 0 Å². The van der Waals surface area contributed by atoms with Gasteiger partial charge in [0.2, 0.25) is 0 Å². The Balaban J connectivity index is 2.50. The molecule has 4 nitrogen and oxygen atoms in total. The summed E-state index contributed by atoms with van der Waals surface area (Å²) < 4.78 is 17.0. The number of nitrogens with one attached hydrogen (secondary N) is 1. The summed E-state index contributed by atoms with van der Waals surface area (Å²) in [5, 5.41) is 3.15. The van der Waals surface area contributed by atoms with E-state index >= 15 is 0 Å². The van der Waals surface area contributed by atoms with Crippen LogP contribution in [0.1, 0.15) is 38.7 Å². The molecule has 0 unspecified atom stereocenters. The van der Waals surface area contributed by atoms with E-state index in [4.69, 9.17) is 14.2 Å². The van der Waals surface area contributed by atoms with Crippen molar-refractivity contribution in [2.45, 2.75) is 39.7 Å². The van der Waals surface area contributed by atoms with Crippen LogP contribution in [0.5, 0.6) is 11.5 Å². The number of rotatable bonds is 12. The molecular weight excluding hydrogens is 266 g/mol. The lowest BCUT2D eigenvalue weighted by Gasteiger charge is -2.14. The molecule has 0 spiro atoms. The fourth-order valence-corrected chi connectivity index (χ4v) is 1.87. The second-order valence-corrected chi connectivity index (χ2v) is 4.96. The first kappa shape index (κ1) is 17.8. The monoisotopic (exact) mass is 295 g/mol. The fraction of sp³-hybridized carbons (Fsp3) is 0.647. The molecule has 4 heteroatoms. The lowest BCUT2D eigenvalue weighted by atomic mass is 10.2. The predicted molar refractivity (Wildman–Crippen MR) is 86.2 cm³/mol. The number of unbranched alkanes of at least 4 members (excludes halogenated alkanes) is 1. The van der Waals surface area contributed by atoms with Crippen LogP contribution >= 0.6 is 0 Å². The van der Waals surface area contributed by atoms with E-state index in [1.807, 2.05) is 19.2 Å². The zero-order chi connectivity index (χ0) is 15.3. The largest absolute Gasteiger partial charge is 0.493 e. The normalized spacial score (nSPS) is 10.6. The molecule has 0 bridgehead atoms. The first-order chi connectivity index (χ1) is 10.3. The van der Waals surface area contributed by atoms with Crippen LogP contribution in [-0.2, 0) is 11.3 Å². The minimum Gasteiger partial charge on any atom is -0.493 e. The van der Waals surface area contributed by atoms with Crippen molar-refractivity contribution in [2.75, 3.05) is 33.5 Å². The van der Waals surface area contributed by atoms with E-state index in [1.54, 1.807) is 0 Å². The van der Waals surface area contributed by atoms with E-state index in [2.05, 4.69) is 25.2 Å². The van der Waals surface area contributed by atoms with E-state index < -0.39 is 0 Å². The Hall–Kier alpha value is -1.26. The number of hydrogen-bond acceptors (Lipinski definition) is 4. The van der Waals surface area contributed by atoms with Crippen molar-refractivity contribution < 1.29 is 14.2 Å². The van der Waals surface area contributed by atoms with Crippen LogP contribution in [0.4, 0.5) is 0 Å². The molecule has 0 aliphatic carbocycles. The highest BCUT2D eigenvalue weighted by Crippen LogP contribution is 2.25. The van der Waals surface area contributed by atoms with Gasteiger partial charge in [0.15, 0.2) is 0 Å². The SMILES string of the molecule is CCCCOCCOc1cc(OCCC)ccc1CNC. The van der Waals surface area contributed by atoms with Crippen LogP contribution in [-0.4, -0.2) is 33.5 Å². The summed E-state index contributed by atoms with van der Waals surface area (Å²) in [7, 11) is 1.93. The standard InChI is InChI=1S/C17H29NO3/c1-4-6-10-19-11-12-21-17-13-16(20-9-5-2)8-7-15(17)14-18-3/h7-8,13,18H,4-6,9-12,14H2,1-3H3. The summed E-state index contributed by atoms with van der Waals surface area (Å²) in [4.78, 5) is 0. The van der Waals surface area contributed by atoms with Gasteiger partial charge in [-0.15, -0.1) is 0 Å². The Labute approximate surface area is 128 Å². The second-order valence-electron chi connectivity index (χ2n) is 4.96. The smallest absolute Gasteiger partial charge is 0.127 e. The van der Waals surface area contributed by atoms with Gasteiger partial charge in [-0.2, -0.15) is 0 Å². The van der Waals surface area contributed by atoms with Crippen LogP contribution in [0, 0.1) is 0 Å². The van der Waals surface area contributed by atoms with Gasteiger partial charge in [-0.1, -0.05) is 26.3 Å². The van der Waals surface area contributed by atoms with Gasteiger partial charge >= 0.3 is 0 Å². The van der Waals surface area contributed by atoms with Crippen molar-refractivity contribution in [1.82, 2.24) is 5.32 Å². The molecule has 0 fully saturated rings. The highest BCUT2D eigenvalue weighted by atomic mass is 16.5. The average Bonchev–Trinajstić information content (AvgIpc) is 2.50. The first-order valence-corrected chi connectivity index (χ1v) is 7.92. The van der Waals surface area contributed by atoms with E-state index in [0.717, 1.165) is 56.1 Å². The van der Waals surface area contributed by atoms with Crippen LogP contribution in [0.15, 0.2) is 18.2 Å². The van der Waals surface area contributed by atoms with E-state index in [-0.39, 0.29) is 0 Å². The number of hydrogen-bond donors (Lipinski definition) is 1. The third kappa shape index (κ3) is 7.34. The van der Waals surface area contributed by atoms with Crippen LogP contribution < -0.4 is 14.8 Å². The van der Waals surface area contributed by atoms with Crippen molar-refractivity contribution in [3.05, 3.63) is 23.8 Å². The molecule has 0 saturated heterocycles. The molecule has 0 aliphatic heterocycles. The Morgan fingerprint density at radius 3 is 2.52 bits per heavy atom. The van der Waals surface area contributed by atoms with Crippen LogP contribution in [0.3, 0.4) is 0 Å². The fourth-order valence-electron chi connectivity index (χ4n) is 1.87. The molecule has 0 aromatic heterocycles. The zero-order valence-corrected chi connectivity index (χ0v) is 13.6. The Bertz CT molecular complexity index is 382. The third-order valence-electron chi connectivity index (χ3n) is 3.01. The topological polar surface area (TPSA) is 39.7 Å². The maximum atomic E-state index is 5.85. The molecule has 0 amide bonds. The van der Waals surface area contributed by atoms with Gasteiger partial charge in [-0.05, 0) is 26.0 Å². The molecule has 0 aliphatic rings. The Morgan fingerprint density at radius 2 is 1.81 bits per heavy atom. The van der Waals surface area contributed by atoms with Crippen molar-refractivity contribution in [2.24, 2.45) is 0 Å². The van der Waals surface area contributed by atoms with Gasteiger partial charge in [0.05, 0.1) is 13.2 Å². The molecule has 0 radical (unpaired) electrons. The highest BCUT2D eigenvalue weighted by Gasteiger charge is 2.06. The van der Waals surface area contributed by atoms with Gasteiger partial charge in [0, 0.05) is 24.8 Å². The summed E-state index contributed by atoms with van der Waals surface area (Å²) in [5.74, 6) is 1.73. The molecule has 0 heterocycles. The second kappa shape index (κ2) is 11.4. The van der Waals surface area contributed by atoms with Crippen molar-refractivity contribution >= 4 is 0 Å². The summed E-state index contributed by atoms with van der Waals surface area (Å²) in [6.45, 7) is 7.76. The van der Waals surface area contributed by atoms with Gasteiger partial charge in [-0.3, -0.25) is 0 Å². The Kier molecular flexibility index (Phi) is 9.66. The average molecular weight is 295 g/mol. The van der Waals surface area contributed by atoms with Gasteiger partial charge < -0.3 is 19.5 Å². The lowest BCUT2D eigenvalue weighted by Crippen LogP contribution is -2.11. The summed E-state index contributed by atoms with van der Waals surface area (Å²) in [6, 6.07) is 6.01. The summed E-state index contributed by atoms with van der Waals surface area (Å²) in [5.41, 5.74) is 1.13. The minimum atomic E-state index is 0.567. The summed E-state index contributed by atoms with van der Waals surface area (Å²) in [6.07, 6.45) is 3.26. The minimum absolute atomic E-state index is 0.567. The maximum Gasteiger partial charge on any atom is 0.127 e. The first-order valence-electron chi connectivity index (χ1n) is 7.92. The van der Waals surface area contributed by atoms with Crippen LogP contribution in [0.25, 0.3) is 0 Å². The molecule has 1 N–H and O–H groups in total. The third-order valence-corrected chi connectivity index (χ3v) is 3.01. The number of benzene rings is 1. The quantitative estimate of drug-likeness (QED) is 0.600. The highest BCUT2D eigenvalue weighted by molar-refractivity contribution is 5.40. The zero-order valence-electron chi connectivity index (χ0n) is 13.6. The molecular formula is C17H29NO3. The summed E-state index contributed by atoms with van der Waals surface area (Å²) >= 11 is 0. The van der Waals surface area contributed by atoms with Gasteiger partial charge in [0.1, 0.15) is 18.1 Å². The van der Waals surface area contributed by atoms with Crippen molar-refractivity contribution in [1.29, 1.82) is 0 Å². The molecule has 1 aromatic carbocycles. The van der Waals surface area contributed by atoms with Gasteiger partial charge in [0.25, 0.3) is 0 Å². The molecule has 1 aromatic rings. The molecule has 120 valence electrons. The van der Waals surface area contributed by atoms with E-state index in [0.29, 0.717) is 13.2 Å². The molecule has 0 saturated carbocycles. The maximum absolute atomic E-state index is 5.85. The lowest BCUT2D eigenvalue weighted by molar-refractivity contribution is 0.0976. The Morgan fingerprint density at radius 1 is 0.952 bits per heavy atom. The van der Waals surface area contributed by atoms with Crippen molar-refractivity contribution in [3.8, 4) is 11.5 Å². The van der Waals surface area contributed by atoms with Crippen molar-refractivity contribution in [3.63, 3.8) is 0 Å². The van der Waals surface area contributed by atoms with E-state index in [9.17, 15) is 0 Å². The number of ether oxygens (including phenoxy) is 3. The van der Waals surface area contributed by atoms with E-state index in [1.165, 1.54) is 0 Å². The predicted octanol–water partition coefficient (Wildman–Crippen LogP) is 3.39. The molecule has 0 atom stereocenters. The van der Waals surface area contributed by atoms with Crippen LogP contribution in [0.2, 0.25) is 0 Å².